The molecule has 94 valence electrons. The molecule has 0 atom stereocenters. The standard InChI is InChI=1S/C15H12N2O2/c1-10-4-2-6-13-12(10)5-3-7-14(13)17-9-11(8-16-17)15(18)19/h2-9H,1H3,(H,18,19). The van der Waals surface area contributed by atoms with Crippen LogP contribution < -0.4 is 0 Å². The summed E-state index contributed by atoms with van der Waals surface area (Å²) in [5.41, 5.74) is 2.25. The Balaban J connectivity index is 2.24. The van der Waals surface area contributed by atoms with Crippen molar-refractivity contribution in [1.29, 1.82) is 0 Å². The van der Waals surface area contributed by atoms with Crippen LogP contribution in [0, 0.1) is 6.92 Å². The van der Waals surface area contributed by atoms with Gasteiger partial charge in [-0.05, 0) is 23.9 Å². The minimum Gasteiger partial charge on any atom is -0.478 e. The van der Waals surface area contributed by atoms with Crippen LogP contribution >= 0.6 is 0 Å². The molecule has 0 aliphatic heterocycles. The third-order valence-corrected chi connectivity index (χ3v) is 3.19. The van der Waals surface area contributed by atoms with Gasteiger partial charge in [0.05, 0.1) is 17.4 Å². The summed E-state index contributed by atoms with van der Waals surface area (Å²) in [6.07, 6.45) is 2.89. The van der Waals surface area contributed by atoms with E-state index in [-0.39, 0.29) is 5.56 Å². The first-order valence-electron chi connectivity index (χ1n) is 5.93. The summed E-state index contributed by atoms with van der Waals surface area (Å²) >= 11 is 0. The van der Waals surface area contributed by atoms with E-state index in [0.717, 1.165) is 16.5 Å². The Labute approximate surface area is 109 Å². The fraction of sp³-hybridized carbons (Fsp3) is 0.0667. The summed E-state index contributed by atoms with van der Waals surface area (Å²) in [5.74, 6) is -0.970. The highest BCUT2D eigenvalue weighted by Gasteiger charge is 2.09. The summed E-state index contributed by atoms with van der Waals surface area (Å²) in [6.45, 7) is 2.05. The van der Waals surface area contributed by atoms with E-state index in [0.29, 0.717) is 0 Å². The summed E-state index contributed by atoms with van der Waals surface area (Å²) < 4.78 is 1.60. The number of nitrogens with zero attached hydrogens (tertiary/aromatic N) is 2. The average molecular weight is 252 g/mol. The van der Waals surface area contributed by atoms with Crippen LogP contribution in [0.15, 0.2) is 48.8 Å². The monoisotopic (exact) mass is 252 g/mol. The van der Waals surface area contributed by atoms with E-state index in [2.05, 4.69) is 24.2 Å². The Morgan fingerprint density at radius 2 is 1.89 bits per heavy atom. The van der Waals surface area contributed by atoms with Crippen molar-refractivity contribution in [3.63, 3.8) is 0 Å². The van der Waals surface area contributed by atoms with Crippen LogP contribution in [0.1, 0.15) is 15.9 Å². The summed E-state index contributed by atoms with van der Waals surface area (Å²) in [4.78, 5) is 10.9. The predicted octanol–water partition coefficient (Wildman–Crippen LogP) is 3.03. The van der Waals surface area contributed by atoms with Crippen LogP contribution in [0.25, 0.3) is 16.5 Å². The maximum atomic E-state index is 10.9. The molecule has 2 aromatic carbocycles. The Morgan fingerprint density at radius 1 is 1.16 bits per heavy atom. The number of carbonyl (C=O) groups is 1. The van der Waals surface area contributed by atoms with Crippen molar-refractivity contribution >= 4 is 16.7 Å². The van der Waals surface area contributed by atoms with Crippen LogP contribution in [-0.4, -0.2) is 20.9 Å². The highest BCUT2D eigenvalue weighted by atomic mass is 16.4. The Morgan fingerprint density at radius 3 is 2.63 bits per heavy atom. The first-order chi connectivity index (χ1) is 9.16. The van der Waals surface area contributed by atoms with E-state index < -0.39 is 5.97 Å². The quantitative estimate of drug-likeness (QED) is 0.762. The molecule has 0 unspecified atom stereocenters. The maximum absolute atomic E-state index is 10.9. The van der Waals surface area contributed by atoms with Gasteiger partial charge in [-0.3, -0.25) is 0 Å². The van der Waals surface area contributed by atoms with Gasteiger partial charge in [0.25, 0.3) is 0 Å². The molecule has 0 radical (unpaired) electrons. The summed E-state index contributed by atoms with van der Waals surface area (Å²) in [6, 6.07) is 12.0. The molecule has 0 aliphatic carbocycles. The zero-order valence-corrected chi connectivity index (χ0v) is 10.4. The van der Waals surface area contributed by atoms with Crippen LogP contribution in [0.3, 0.4) is 0 Å². The lowest BCUT2D eigenvalue weighted by Crippen LogP contribution is -1.97. The van der Waals surface area contributed by atoms with Crippen LogP contribution in [0.5, 0.6) is 0 Å². The molecule has 0 saturated heterocycles. The lowest BCUT2D eigenvalue weighted by atomic mass is 10.0. The second-order valence-corrected chi connectivity index (χ2v) is 4.43. The number of hydrogen-bond donors (Lipinski definition) is 1. The molecule has 3 rings (SSSR count). The van der Waals surface area contributed by atoms with E-state index in [1.54, 1.807) is 4.68 Å². The van der Waals surface area contributed by atoms with Gasteiger partial charge in [0.15, 0.2) is 0 Å². The number of carboxylic acids is 1. The second-order valence-electron chi connectivity index (χ2n) is 4.43. The zero-order chi connectivity index (χ0) is 13.4. The van der Waals surface area contributed by atoms with Crippen LogP contribution in [0.2, 0.25) is 0 Å². The number of fused-ring (bicyclic) bond motifs is 1. The third kappa shape index (κ3) is 1.87. The molecule has 4 heteroatoms. The van der Waals surface area contributed by atoms with Gasteiger partial charge in [0.1, 0.15) is 0 Å². The molecule has 0 aliphatic rings. The molecule has 1 heterocycles. The largest absolute Gasteiger partial charge is 0.478 e. The van der Waals surface area contributed by atoms with Crippen LogP contribution in [0.4, 0.5) is 0 Å². The number of hydrogen-bond acceptors (Lipinski definition) is 2. The molecule has 1 N–H and O–H groups in total. The highest BCUT2D eigenvalue weighted by molar-refractivity contribution is 5.93. The molecule has 0 amide bonds. The van der Waals surface area contributed by atoms with Crippen molar-refractivity contribution in [2.24, 2.45) is 0 Å². The highest BCUT2D eigenvalue weighted by Crippen LogP contribution is 2.24. The van der Waals surface area contributed by atoms with Crippen molar-refractivity contribution in [1.82, 2.24) is 9.78 Å². The number of rotatable bonds is 2. The van der Waals surface area contributed by atoms with Gasteiger partial charge >= 0.3 is 5.97 Å². The number of aromatic nitrogens is 2. The Kier molecular flexibility index (Phi) is 2.56. The van der Waals surface area contributed by atoms with Gasteiger partial charge in [0, 0.05) is 11.6 Å². The number of benzene rings is 2. The minimum atomic E-state index is -0.970. The van der Waals surface area contributed by atoms with Gasteiger partial charge in [0.2, 0.25) is 0 Å². The summed E-state index contributed by atoms with van der Waals surface area (Å²) in [5, 5.41) is 15.3. The number of carboxylic acid groups (broad SMARTS) is 1. The summed E-state index contributed by atoms with van der Waals surface area (Å²) in [7, 11) is 0. The number of aromatic carboxylic acids is 1. The fourth-order valence-electron chi connectivity index (χ4n) is 2.22. The molecule has 19 heavy (non-hydrogen) atoms. The molecular formula is C15H12N2O2. The van der Waals surface area contributed by atoms with E-state index in [1.165, 1.54) is 18.0 Å². The van der Waals surface area contributed by atoms with Crippen molar-refractivity contribution in [2.75, 3.05) is 0 Å². The molecule has 1 aromatic heterocycles. The molecule has 0 spiro atoms. The van der Waals surface area contributed by atoms with Gasteiger partial charge < -0.3 is 5.11 Å². The van der Waals surface area contributed by atoms with Gasteiger partial charge in [-0.1, -0.05) is 30.3 Å². The Bertz CT molecular complexity index is 775. The molecule has 3 aromatic rings. The molecule has 0 fully saturated rings. The molecule has 0 bridgehead atoms. The molecular weight excluding hydrogens is 240 g/mol. The lowest BCUT2D eigenvalue weighted by Gasteiger charge is -2.08. The van der Waals surface area contributed by atoms with E-state index in [4.69, 9.17) is 5.11 Å². The van der Waals surface area contributed by atoms with Crippen molar-refractivity contribution in [2.45, 2.75) is 6.92 Å². The van der Waals surface area contributed by atoms with Crippen molar-refractivity contribution < 1.29 is 9.90 Å². The van der Waals surface area contributed by atoms with Gasteiger partial charge in [-0.15, -0.1) is 0 Å². The molecule has 4 nitrogen and oxygen atoms in total. The fourth-order valence-corrected chi connectivity index (χ4v) is 2.22. The van der Waals surface area contributed by atoms with Gasteiger partial charge in [-0.2, -0.15) is 5.10 Å². The van der Waals surface area contributed by atoms with Crippen molar-refractivity contribution in [3.8, 4) is 5.69 Å². The second kappa shape index (κ2) is 4.24. The normalized spacial score (nSPS) is 10.8. The zero-order valence-electron chi connectivity index (χ0n) is 10.4. The predicted molar refractivity (Wildman–Crippen MR) is 72.8 cm³/mol. The Hall–Kier alpha value is -2.62. The van der Waals surface area contributed by atoms with Crippen LogP contribution in [-0.2, 0) is 0 Å². The first kappa shape index (κ1) is 11.5. The van der Waals surface area contributed by atoms with E-state index in [9.17, 15) is 4.79 Å². The van der Waals surface area contributed by atoms with E-state index >= 15 is 0 Å². The first-order valence-corrected chi connectivity index (χ1v) is 5.93. The minimum absolute atomic E-state index is 0.185. The maximum Gasteiger partial charge on any atom is 0.338 e. The van der Waals surface area contributed by atoms with E-state index in [1.807, 2.05) is 24.3 Å². The third-order valence-electron chi connectivity index (χ3n) is 3.19. The average Bonchev–Trinajstić information content (AvgIpc) is 2.88. The molecule has 0 saturated carbocycles. The number of aryl methyl sites for hydroxylation is 1. The topological polar surface area (TPSA) is 55.1 Å². The lowest BCUT2D eigenvalue weighted by molar-refractivity contribution is 0.0697. The van der Waals surface area contributed by atoms with Gasteiger partial charge in [-0.25, -0.2) is 9.48 Å². The SMILES string of the molecule is Cc1cccc2c(-n3cc(C(=O)O)cn3)cccc12. The van der Waals surface area contributed by atoms with Crippen molar-refractivity contribution in [3.05, 3.63) is 59.9 Å². The smallest absolute Gasteiger partial charge is 0.338 e.